The number of hydrogen-bond acceptors (Lipinski definition) is 12. The number of ether oxygens (including phenoxy) is 3. The molecule has 10 aromatic rings. The van der Waals surface area contributed by atoms with Crippen molar-refractivity contribution in [3.05, 3.63) is 204 Å². The number of amides is 6. The van der Waals surface area contributed by atoms with Crippen molar-refractivity contribution >= 4 is 91.7 Å². The molecule has 1 aliphatic rings. The van der Waals surface area contributed by atoms with Crippen LogP contribution in [0.4, 0.5) is 44.2 Å². The van der Waals surface area contributed by atoms with E-state index in [4.69, 9.17) is 36.0 Å². The first-order valence-corrected chi connectivity index (χ1v) is 30.4. The first-order chi connectivity index (χ1) is 43.7. The second-order valence-corrected chi connectivity index (χ2v) is 24.4. The van der Waals surface area contributed by atoms with Crippen LogP contribution in [0, 0.1) is 13.8 Å². The van der Waals surface area contributed by atoms with Crippen molar-refractivity contribution in [2.24, 2.45) is 0 Å². The van der Waals surface area contributed by atoms with Crippen molar-refractivity contribution < 1.29 is 33.4 Å². The van der Waals surface area contributed by atoms with Crippen LogP contribution in [-0.4, -0.2) is 97.0 Å². The number of rotatable bonds is 17. The maximum absolute atomic E-state index is 13.4. The Labute approximate surface area is 541 Å². The molecular formula is C71H78ClN13O7. The topological polar surface area (TPSA) is 233 Å². The smallest absolute Gasteiger partial charge is 0.324 e. The van der Waals surface area contributed by atoms with Gasteiger partial charge in [-0.1, -0.05) is 133 Å². The van der Waals surface area contributed by atoms with E-state index in [-0.39, 0.29) is 55.2 Å². The first-order valence-electron chi connectivity index (χ1n) is 29.9. The minimum absolute atomic E-state index is 0. The Kier molecular flexibility index (Phi) is 21.4. The number of alkyl halides is 1. The lowest BCUT2D eigenvalue weighted by atomic mass is 9.92. The van der Waals surface area contributed by atoms with E-state index in [0.717, 1.165) is 79.7 Å². The molecule has 0 saturated carbocycles. The number of fused-ring (bicyclic) bond motifs is 2. The summed E-state index contributed by atoms with van der Waals surface area (Å²) in [4.78, 5) is 61.4. The fourth-order valence-corrected chi connectivity index (χ4v) is 9.97. The van der Waals surface area contributed by atoms with E-state index in [1.165, 1.54) is 0 Å². The molecule has 92 heavy (non-hydrogen) atoms. The number of nitrogens with zero attached hydrogens (tertiary/aromatic N) is 7. The number of aromatic nitrogens is 6. The molecular weight excluding hydrogens is 1180 g/mol. The quantitative estimate of drug-likeness (QED) is 0.0468. The summed E-state index contributed by atoms with van der Waals surface area (Å²) in [5, 5.41) is 30.5. The summed E-state index contributed by atoms with van der Waals surface area (Å²) in [6.07, 6.45) is 3.25. The Morgan fingerprint density at radius 3 is 1.34 bits per heavy atom. The lowest BCUT2D eigenvalue weighted by Gasteiger charge is -2.25. The highest BCUT2D eigenvalue weighted by Gasteiger charge is 2.25. The zero-order valence-electron chi connectivity index (χ0n) is 52.2. The second kappa shape index (κ2) is 29.7. The highest BCUT2D eigenvalue weighted by atomic mass is 35.5. The molecule has 1 saturated heterocycles. The molecule has 20 nitrogen and oxygen atoms in total. The fraction of sp³-hybridized carbons (Fsp3) is 0.268. The van der Waals surface area contributed by atoms with E-state index >= 15 is 0 Å². The molecule has 476 valence electrons. The van der Waals surface area contributed by atoms with Gasteiger partial charge in [0.25, 0.3) is 0 Å². The summed E-state index contributed by atoms with van der Waals surface area (Å²) >= 11 is 5.58. The summed E-state index contributed by atoms with van der Waals surface area (Å²) in [7, 11) is 0. The summed E-state index contributed by atoms with van der Waals surface area (Å²) in [6.45, 7) is 20.2. The van der Waals surface area contributed by atoms with Gasteiger partial charge in [0.15, 0.2) is 0 Å². The molecule has 0 atom stereocenters. The van der Waals surface area contributed by atoms with Crippen molar-refractivity contribution in [3.8, 4) is 22.9 Å². The number of anilines is 6. The van der Waals surface area contributed by atoms with Gasteiger partial charge in [-0.05, 0) is 97.8 Å². The minimum Gasteiger partial charge on any atom is -0.488 e. The summed E-state index contributed by atoms with van der Waals surface area (Å²) < 4.78 is 21.3. The molecule has 21 heteroatoms. The summed E-state index contributed by atoms with van der Waals surface area (Å²) in [5.41, 5.74) is 8.26. The third-order valence-electron chi connectivity index (χ3n) is 14.8. The molecule has 0 radical (unpaired) electrons. The number of hydrogen-bond donors (Lipinski definition) is 6. The average molecular weight is 1260 g/mol. The van der Waals surface area contributed by atoms with Crippen LogP contribution < -0.4 is 41.4 Å². The van der Waals surface area contributed by atoms with Gasteiger partial charge in [0.05, 0.1) is 53.9 Å². The van der Waals surface area contributed by atoms with Crippen molar-refractivity contribution in [2.45, 2.75) is 86.9 Å². The third-order valence-corrected chi connectivity index (χ3v) is 15.1. The molecule has 1 aliphatic heterocycles. The van der Waals surface area contributed by atoms with Crippen LogP contribution in [0.5, 0.6) is 11.5 Å². The van der Waals surface area contributed by atoms with Crippen molar-refractivity contribution in [3.63, 3.8) is 0 Å². The molecule has 0 spiro atoms. The Morgan fingerprint density at radius 1 is 0.511 bits per heavy atom. The molecule has 6 aromatic carbocycles. The van der Waals surface area contributed by atoms with E-state index in [2.05, 4.69) is 88.3 Å². The highest BCUT2D eigenvalue weighted by Crippen LogP contribution is 2.35. The molecule has 6 amide bonds. The van der Waals surface area contributed by atoms with E-state index in [0.29, 0.717) is 65.9 Å². The van der Waals surface area contributed by atoms with Crippen LogP contribution in [0.25, 0.3) is 32.9 Å². The fourth-order valence-electron chi connectivity index (χ4n) is 9.90. The van der Waals surface area contributed by atoms with Gasteiger partial charge >= 0.3 is 12.1 Å². The summed E-state index contributed by atoms with van der Waals surface area (Å²) in [5.74, 6) is 2.73. The van der Waals surface area contributed by atoms with E-state index in [1.807, 2.05) is 166 Å². The van der Waals surface area contributed by atoms with Crippen LogP contribution in [-0.2, 0) is 38.4 Å². The maximum atomic E-state index is 13.4. The Bertz CT molecular complexity index is 4230. The largest absolute Gasteiger partial charge is 0.488 e. The number of nitrogens with one attached hydrogen (secondary N) is 6. The van der Waals surface area contributed by atoms with Gasteiger partial charge in [-0.2, -0.15) is 10.2 Å². The molecule has 0 bridgehead atoms. The first kappa shape index (κ1) is 66.3. The third kappa shape index (κ3) is 17.2. The number of aryl methyl sites for hydroxylation is 2. The normalized spacial score (nSPS) is 12.4. The van der Waals surface area contributed by atoms with Gasteiger partial charge in [-0.15, -0.1) is 11.6 Å². The minimum atomic E-state index is -0.393. The SMILES string of the molecule is C.Cc1ccc(-n2nc(C(C)(C)C)cc2NC(=O)Nc2ccc(OCc3ccnc(NC(=O)CCl)c3)c3ccccc23)cc1.Cc1ccc(-n2nc(C(C)(C)C)cc2NC(=O)Nc2ccc(OCc3ccnc(NC(=O)CN4CCOCC4)c3)c3ccccc23)cc1. The predicted octanol–water partition coefficient (Wildman–Crippen LogP) is 14.6. The van der Waals surface area contributed by atoms with Crippen LogP contribution in [0.1, 0.15) is 82.6 Å². The molecule has 1 fully saturated rings. The molecule has 11 rings (SSSR count). The van der Waals surface area contributed by atoms with E-state index in [9.17, 15) is 19.2 Å². The van der Waals surface area contributed by atoms with Gasteiger partial charge in [0, 0.05) is 70.0 Å². The Balaban J connectivity index is 0.000000216. The number of carbonyl (C=O) groups excluding carboxylic acids is 4. The number of morpholine rings is 1. The number of carbonyl (C=O) groups is 4. The molecule has 0 aliphatic carbocycles. The van der Waals surface area contributed by atoms with Crippen LogP contribution in [0.15, 0.2) is 170 Å². The lowest BCUT2D eigenvalue weighted by Crippen LogP contribution is -2.41. The second-order valence-electron chi connectivity index (χ2n) is 24.1. The van der Waals surface area contributed by atoms with Gasteiger partial charge in [-0.25, -0.2) is 28.9 Å². The number of urea groups is 2. The van der Waals surface area contributed by atoms with Gasteiger partial charge < -0.3 is 35.5 Å². The maximum Gasteiger partial charge on any atom is 0.324 e. The average Bonchev–Trinajstić information content (AvgIpc) is 1.37. The van der Waals surface area contributed by atoms with Crippen molar-refractivity contribution in [1.82, 2.24) is 34.4 Å². The lowest BCUT2D eigenvalue weighted by molar-refractivity contribution is -0.118. The van der Waals surface area contributed by atoms with Crippen LogP contribution >= 0.6 is 11.6 Å². The zero-order chi connectivity index (χ0) is 64.2. The molecule has 6 N–H and O–H groups in total. The van der Waals surface area contributed by atoms with Crippen LogP contribution in [0.3, 0.4) is 0 Å². The van der Waals surface area contributed by atoms with E-state index in [1.54, 1.807) is 27.8 Å². The number of halogens is 1. The Morgan fingerprint density at radius 2 is 0.924 bits per heavy atom. The predicted molar refractivity (Wildman–Crippen MR) is 366 cm³/mol. The van der Waals surface area contributed by atoms with Gasteiger partial charge in [-0.3, -0.25) is 25.1 Å². The highest BCUT2D eigenvalue weighted by molar-refractivity contribution is 6.29. The number of pyridine rings is 2. The molecule has 0 unspecified atom stereocenters. The van der Waals surface area contributed by atoms with E-state index < -0.39 is 6.03 Å². The van der Waals surface area contributed by atoms with Crippen molar-refractivity contribution in [1.29, 1.82) is 0 Å². The standard InChI is InChI=1S/C37H41N7O4.C33H33ClN6O3.CH4/c1-25-9-11-27(12-10-25)44-34(22-32(42-44)37(2,3)4)41-36(46)39-30-13-14-31(29-8-6-5-7-28(29)30)48-24-26-15-16-38-33(21-26)40-35(45)23-43-17-19-47-20-18-43;1-21-9-11-23(12-10-21)40-30(18-28(39-40)33(2,3)4)38-32(42)36-26-13-14-27(25-8-6-5-7-24(25)26)43-20-22-15-16-35-29(17-22)37-31(41)19-34;/h5-16,21-22H,17-20,23-24H2,1-4H3,(H,38,40,45)(H2,39,41,46);5-18H,19-20H2,1-4H3,(H,35,37,41)(H2,36,38,42);1H4. The molecule has 4 aromatic heterocycles. The zero-order valence-corrected chi connectivity index (χ0v) is 52.9. The van der Waals surface area contributed by atoms with Crippen LogP contribution in [0.2, 0.25) is 0 Å². The van der Waals surface area contributed by atoms with Gasteiger partial charge in [0.2, 0.25) is 11.8 Å². The summed E-state index contributed by atoms with van der Waals surface area (Å²) in [6, 6.07) is 49.0. The Hall–Kier alpha value is -10.2. The number of benzene rings is 6. The monoisotopic (exact) mass is 1260 g/mol. The van der Waals surface area contributed by atoms with Gasteiger partial charge in [0.1, 0.15) is 53.9 Å². The van der Waals surface area contributed by atoms with Crippen molar-refractivity contribution in [2.75, 3.05) is 70.6 Å². The molecule has 5 heterocycles.